The van der Waals surface area contributed by atoms with E-state index in [9.17, 15) is 31.9 Å². The molecule has 0 aliphatic heterocycles. The van der Waals surface area contributed by atoms with Gasteiger partial charge in [0.15, 0.2) is 11.5 Å². The summed E-state index contributed by atoms with van der Waals surface area (Å²) in [6.45, 7) is 6.08. The fourth-order valence-corrected chi connectivity index (χ4v) is 3.09. The minimum atomic E-state index is -4.96. The molecule has 8 nitrogen and oxygen atoms in total. The molecule has 0 aliphatic carbocycles. The standard InChI is InChI=1S/C22H22ClF4N3O5/c1-10(28-20(33)35-21(2,3)4)19(32)29-13-8-6-11(22(25,26)27)16(23)15(13)18(31)17-12(24)7-9-14(30-17)34-5/h6-10H,1-5H3,(H,28,33)(H,29,32). The van der Waals surface area contributed by atoms with Crippen LogP contribution in [0.15, 0.2) is 24.3 Å². The highest BCUT2D eigenvalue weighted by molar-refractivity contribution is 6.37. The zero-order chi connectivity index (χ0) is 26.7. The molecule has 0 saturated carbocycles. The molecule has 2 N–H and O–H groups in total. The molecule has 1 aromatic heterocycles. The number of halogens is 5. The molecule has 35 heavy (non-hydrogen) atoms. The number of amides is 2. The Bertz CT molecular complexity index is 1150. The highest BCUT2D eigenvalue weighted by Gasteiger charge is 2.37. The number of ether oxygens (including phenoxy) is 2. The van der Waals surface area contributed by atoms with E-state index in [-0.39, 0.29) is 5.88 Å². The monoisotopic (exact) mass is 519 g/mol. The van der Waals surface area contributed by atoms with Crippen LogP contribution in [0.2, 0.25) is 5.02 Å². The molecule has 0 spiro atoms. The Kier molecular flexibility index (Phi) is 8.32. The van der Waals surface area contributed by atoms with Crippen molar-refractivity contribution in [2.24, 2.45) is 0 Å². The first-order chi connectivity index (χ1) is 16.0. The van der Waals surface area contributed by atoms with Crippen LogP contribution in [0.25, 0.3) is 0 Å². The SMILES string of the molecule is COc1ccc(F)c(C(=O)c2c(NC(=O)C(C)NC(=O)OC(C)(C)C)ccc(C(F)(F)F)c2Cl)n1. The molecule has 1 atom stereocenters. The van der Waals surface area contributed by atoms with Crippen molar-refractivity contribution in [3.8, 4) is 5.88 Å². The molecule has 13 heteroatoms. The molecule has 0 radical (unpaired) electrons. The van der Waals surface area contributed by atoms with Gasteiger partial charge in [-0.25, -0.2) is 14.2 Å². The molecule has 1 unspecified atom stereocenters. The van der Waals surface area contributed by atoms with E-state index in [0.29, 0.717) is 6.07 Å². The van der Waals surface area contributed by atoms with Crippen molar-refractivity contribution >= 4 is 35.1 Å². The van der Waals surface area contributed by atoms with Crippen molar-refractivity contribution in [3.63, 3.8) is 0 Å². The topological polar surface area (TPSA) is 107 Å². The molecule has 0 fully saturated rings. The molecular weight excluding hydrogens is 498 g/mol. The fraction of sp³-hybridized carbons (Fsp3) is 0.364. The number of carbonyl (C=O) groups excluding carboxylic acids is 3. The summed E-state index contributed by atoms with van der Waals surface area (Å²) in [5.41, 5.74) is -4.42. The van der Waals surface area contributed by atoms with Crippen molar-refractivity contribution in [1.29, 1.82) is 0 Å². The van der Waals surface area contributed by atoms with Gasteiger partial charge in [-0.1, -0.05) is 11.6 Å². The van der Waals surface area contributed by atoms with Crippen molar-refractivity contribution in [1.82, 2.24) is 10.3 Å². The van der Waals surface area contributed by atoms with Crippen LogP contribution in [0.5, 0.6) is 5.88 Å². The van der Waals surface area contributed by atoms with E-state index in [4.69, 9.17) is 21.1 Å². The lowest BCUT2D eigenvalue weighted by atomic mass is 10.0. The summed E-state index contributed by atoms with van der Waals surface area (Å²) in [4.78, 5) is 41.3. The van der Waals surface area contributed by atoms with Crippen LogP contribution in [0.4, 0.5) is 28.0 Å². The molecule has 2 amide bonds. The van der Waals surface area contributed by atoms with Gasteiger partial charge in [-0.2, -0.15) is 13.2 Å². The fourth-order valence-electron chi connectivity index (χ4n) is 2.73. The average molecular weight is 520 g/mol. The lowest BCUT2D eigenvalue weighted by Crippen LogP contribution is -2.44. The Morgan fingerprint density at radius 1 is 1.09 bits per heavy atom. The third-order valence-electron chi connectivity index (χ3n) is 4.30. The number of rotatable bonds is 6. The summed E-state index contributed by atoms with van der Waals surface area (Å²) in [6, 6.07) is 2.05. The van der Waals surface area contributed by atoms with Crippen LogP contribution in [0.1, 0.15) is 49.3 Å². The van der Waals surface area contributed by atoms with E-state index in [2.05, 4.69) is 15.6 Å². The maximum Gasteiger partial charge on any atom is 0.417 e. The third-order valence-corrected chi connectivity index (χ3v) is 4.70. The van der Waals surface area contributed by atoms with Crippen LogP contribution in [-0.2, 0) is 15.7 Å². The minimum Gasteiger partial charge on any atom is -0.481 e. The summed E-state index contributed by atoms with van der Waals surface area (Å²) in [5, 5.41) is 3.41. The Labute approximate surface area is 202 Å². The largest absolute Gasteiger partial charge is 0.481 e. The van der Waals surface area contributed by atoms with Crippen molar-refractivity contribution < 1.29 is 41.4 Å². The second kappa shape index (κ2) is 10.5. The normalized spacial score (nSPS) is 12.5. The number of anilines is 1. The van der Waals surface area contributed by atoms with Gasteiger partial charge in [0.2, 0.25) is 17.6 Å². The molecule has 1 aromatic carbocycles. The molecule has 2 aromatic rings. The summed E-state index contributed by atoms with van der Waals surface area (Å²) < 4.78 is 64.6. The summed E-state index contributed by atoms with van der Waals surface area (Å²) in [5.74, 6) is -3.58. The van der Waals surface area contributed by atoms with Gasteiger partial charge in [0.1, 0.15) is 11.6 Å². The number of alkyl carbamates (subject to hydrolysis) is 1. The van der Waals surface area contributed by atoms with E-state index in [1.54, 1.807) is 20.8 Å². The number of methoxy groups -OCH3 is 1. The zero-order valence-corrected chi connectivity index (χ0v) is 20.0. The van der Waals surface area contributed by atoms with Gasteiger partial charge in [0.25, 0.3) is 0 Å². The Hall–Kier alpha value is -3.41. The number of ketones is 1. The van der Waals surface area contributed by atoms with E-state index in [1.165, 1.54) is 14.0 Å². The van der Waals surface area contributed by atoms with Crippen LogP contribution < -0.4 is 15.4 Å². The molecule has 2 rings (SSSR count). The van der Waals surface area contributed by atoms with Crippen LogP contribution in [-0.4, -0.2) is 41.5 Å². The van der Waals surface area contributed by atoms with Crippen LogP contribution >= 0.6 is 11.6 Å². The number of alkyl halides is 3. The number of pyridine rings is 1. The zero-order valence-electron chi connectivity index (χ0n) is 19.3. The van der Waals surface area contributed by atoms with Gasteiger partial charge >= 0.3 is 12.3 Å². The van der Waals surface area contributed by atoms with Crippen molar-refractivity contribution in [3.05, 3.63) is 51.9 Å². The van der Waals surface area contributed by atoms with Crippen molar-refractivity contribution in [2.75, 3.05) is 12.4 Å². The molecule has 1 heterocycles. The minimum absolute atomic E-state index is 0.182. The van der Waals surface area contributed by atoms with Crippen molar-refractivity contribution in [2.45, 2.75) is 45.5 Å². The van der Waals surface area contributed by atoms with E-state index in [1.807, 2.05) is 0 Å². The summed E-state index contributed by atoms with van der Waals surface area (Å²) in [6.07, 6.45) is -5.88. The number of hydrogen-bond acceptors (Lipinski definition) is 6. The molecule has 0 saturated heterocycles. The Balaban J connectivity index is 2.49. The van der Waals surface area contributed by atoms with Gasteiger partial charge in [0, 0.05) is 6.07 Å². The third kappa shape index (κ3) is 7.04. The second-order valence-corrected chi connectivity index (χ2v) is 8.60. The van der Waals surface area contributed by atoms with Gasteiger partial charge < -0.3 is 20.1 Å². The van der Waals surface area contributed by atoms with E-state index in [0.717, 1.165) is 18.2 Å². The van der Waals surface area contributed by atoms with Gasteiger partial charge in [-0.05, 0) is 45.9 Å². The number of nitrogens with one attached hydrogen (secondary N) is 2. The first-order valence-corrected chi connectivity index (χ1v) is 10.4. The average Bonchev–Trinajstić information content (AvgIpc) is 2.71. The van der Waals surface area contributed by atoms with Gasteiger partial charge in [-0.15, -0.1) is 0 Å². The van der Waals surface area contributed by atoms with E-state index < -0.39 is 69.0 Å². The van der Waals surface area contributed by atoms with Crippen LogP contribution in [0, 0.1) is 5.82 Å². The summed E-state index contributed by atoms with van der Waals surface area (Å²) >= 11 is 5.93. The maximum absolute atomic E-state index is 14.4. The number of aromatic nitrogens is 1. The Morgan fingerprint density at radius 2 is 1.71 bits per heavy atom. The molecule has 0 aliphatic rings. The highest BCUT2D eigenvalue weighted by Crippen LogP contribution is 2.40. The number of carbonyl (C=O) groups is 3. The molecule has 0 bridgehead atoms. The Morgan fingerprint density at radius 3 is 2.26 bits per heavy atom. The highest BCUT2D eigenvalue weighted by atomic mass is 35.5. The predicted octanol–water partition coefficient (Wildman–Crippen LogP) is 4.98. The maximum atomic E-state index is 14.4. The number of nitrogens with zero attached hydrogens (tertiary/aromatic N) is 1. The summed E-state index contributed by atoms with van der Waals surface area (Å²) in [7, 11) is 1.19. The smallest absolute Gasteiger partial charge is 0.417 e. The molecule has 190 valence electrons. The quantitative estimate of drug-likeness (QED) is 0.411. The predicted molar refractivity (Wildman–Crippen MR) is 118 cm³/mol. The number of hydrogen-bond donors (Lipinski definition) is 2. The first kappa shape index (κ1) is 27.8. The number of benzene rings is 1. The lowest BCUT2D eigenvalue weighted by Gasteiger charge is -2.22. The second-order valence-electron chi connectivity index (χ2n) is 8.22. The molecular formula is C22H22ClF4N3O5. The lowest BCUT2D eigenvalue weighted by molar-refractivity contribution is -0.137. The van der Waals surface area contributed by atoms with E-state index >= 15 is 0 Å². The first-order valence-electron chi connectivity index (χ1n) is 10.0. The van der Waals surface area contributed by atoms with Gasteiger partial charge in [0.05, 0.1) is 28.9 Å². The van der Waals surface area contributed by atoms with Gasteiger partial charge in [-0.3, -0.25) is 9.59 Å². The van der Waals surface area contributed by atoms with Crippen LogP contribution in [0.3, 0.4) is 0 Å².